The van der Waals surface area contributed by atoms with Crippen molar-refractivity contribution in [1.82, 2.24) is 9.55 Å². The summed E-state index contributed by atoms with van der Waals surface area (Å²) in [7, 11) is 0. The quantitative estimate of drug-likeness (QED) is 0.612. The lowest BCUT2D eigenvalue weighted by Crippen LogP contribution is -2.21. The Morgan fingerprint density at radius 1 is 1.20 bits per heavy atom. The largest absolute Gasteiger partial charge is 0.477 e. The zero-order chi connectivity index (χ0) is 17.6. The van der Waals surface area contributed by atoms with E-state index in [2.05, 4.69) is 4.98 Å². The van der Waals surface area contributed by atoms with Crippen molar-refractivity contribution >= 4 is 38.3 Å². The normalized spacial score (nSPS) is 11.2. The minimum Gasteiger partial charge on any atom is -0.477 e. The van der Waals surface area contributed by atoms with Crippen LogP contribution in [0, 0.1) is 6.92 Å². The average molecular weight is 350 g/mol. The number of hydrogen-bond acceptors (Lipinski definition) is 4. The molecule has 0 aliphatic carbocycles. The highest BCUT2D eigenvalue weighted by molar-refractivity contribution is 7.20. The number of aryl methyl sites for hydroxylation is 1. The highest BCUT2D eigenvalue weighted by Gasteiger charge is 2.18. The van der Waals surface area contributed by atoms with E-state index >= 15 is 0 Å². The Hall–Kier alpha value is -2.99. The molecule has 4 aromatic rings. The first kappa shape index (κ1) is 15.5. The first-order valence-corrected chi connectivity index (χ1v) is 8.56. The van der Waals surface area contributed by atoms with Crippen molar-refractivity contribution in [3.8, 4) is 0 Å². The maximum absolute atomic E-state index is 12.9. The Bertz CT molecular complexity index is 1190. The molecule has 0 fully saturated rings. The van der Waals surface area contributed by atoms with Crippen molar-refractivity contribution in [2.24, 2.45) is 0 Å². The molecule has 0 saturated heterocycles. The number of carboxylic acid groups (broad SMARTS) is 1. The number of carboxylic acids is 1. The molecule has 0 spiro atoms. The smallest absolute Gasteiger partial charge is 0.346 e. The average Bonchev–Trinajstić information content (AvgIpc) is 2.95. The van der Waals surface area contributed by atoms with Crippen molar-refractivity contribution in [2.45, 2.75) is 13.5 Å². The van der Waals surface area contributed by atoms with Crippen LogP contribution in [0.3, 0.4) is 0 Å². The van der Waals surface area contributed by atoms with Crippen LogP contribution in [0.15, 0.2) is 53.6 Å². The molecule has 2 heterocycles. The van der Waals surface area contributed by atoms with Crippen LogP contribution in [0.5, 0.6) is 0 Å². The Kier molecular flexibility index (Phi) is 3.62. The maximum atomic E-state index is 12.9. The third-order valence-corrected chi connectivity index (χ3v) is 5.52. The molecule has 2 aromatic heterocycles. The molecule has 0 radical (unpaired) electrons. The molecule has 6 heteroatoms. The molecule has 0 aliphatic heterocycles. The van der Waals surface area contributed by atoms with Gasteiger partial charge in [-0.25, -0.2) is 9.78 Å². The van der Waals surface area contributed by atoms with Crippen LogP contribution in [0.1, 0.15) is 20.8 Å². The van der Waals surface area contributed by atoms with Crippen LogP contribution in [0.25, 0.3) is 21.0 Å². The fourth-order valence-corrected chi connectivity index (χ4v) is 4.07. The number of aromatic nitrogens is 2. The van der Waals surface area contributed by atoms with Gasteiger partial charge in [0.25, 0.3) is 5.56 Å². The first-order chi connectivity index (χ1) is 12.1. The summed E-state index contributed by atoms with van der Waals surface area (Å²) in [5.41, 5.74) is 1.30. The molecule has 5 nitrogen and oxygen atoms in total. The molecule has 0 unspecified atom stereocenters. The summed E-state index contributed by atoms with van der Waals surface area (Å²) in [6.07, 6.45) is 1.49. The molecule has 0 amide bonds. The van der Waals surface area contributed by atoms with E-state index in [4.69, 9.17) is 0 Å². The fraction of sp³-hybridized carbons (Fsp3) is 0.105. The van der Waals surface area contributed by atoms with Gasteiger partial charge in [-0.2, -0.15) is 0 Å². The van der Waals surface area contributed by atoms with E-state index in [0.717, 1.165) is 27.7 Å². The zero-order valence-electron chi connectivity index (χ0n) is 13.4. The zero-order valence-corrected chi connectivity index (χ0v) is 14.2. The second-order valence-corrected chi connectivity index (χ2v) is 6.86. The Balaban J connectivity index is 1.87. The van der Waals surface area contributed by atoms with E-state index in [-0.39, 0.29) is 10.4 Å². The maximum Gasteiger partial charge on any atom is 0.346 e. The lowest BCUT2D eigenvalue weighted by Gasteiger charge is -2.09. The SMILES string of the molecule is Cc1c(C(=O)O)sc2ncn(Cc3cccc4ccccc34)c(=O)c12. The van der Waals surface area contributed by atoms with Crippen molar-refractivity contribution in [1.29, 1.82) is 0 Å². The molecule has 2 aromatic carbocycles. The summed E-state index contributed by atoms with van der Waals surface area (Å²) in [6, 6.07) is 14.0. The van der Waals surface area contributed by atoms with Gasteiger partial charge in [0.15, 0.2) is 0 Å². The van der Waals surface area contributed by atoms with E-state index in [0.29, 0.717) is 22.3 Å². The minimum atomic E-state index is -1.03. The van der Waals surface area contributed by atoms with Gasteiger partial charge in [0, 0.05) is 0 Å². The van der Waals surface area contributed by atoms with Crippen LogP contribution in [0.4, 0.5) is 0 Å². The number of thiophene rings is 1. The van der Waals surface area contributed by atoms with Gasteiger partial charge in [-0.1, -0.05) is 42.5 Å². The van der Waals surface area contributed by atoms with Gasteiger partial charge in [0.1, 0.15) is 9.71 Å². The highest BCUT2D eigenvalue weighted by Crippen LogP contribution is 2.27. The van der Waals surface area contributed by atoms with E-state index in [1.165, 1.54) is 10.9 Å². The molecule has 124 valence electrons. The van der Waals surface area contributed by atoms with E-state index in [1.807, 2.05) is 42.5 Å². The van der Waals surface area contributed by atoms with Gasteiger partial charge in [-0.3, -0.25) is 9.36 Å². The summed E-state index contributed by atoms with van der Waals surface area (Å²) in [6.45, 7) is 2.05. The number of rotatable bonds is 3. The first-order valence-electron chi connectivity index (χ1n) is 7.74. The van der Waals surface area contributed by atoms with Crippen molar-refractivity contribution in [3.05, 3.63) is 75.1 Å². The summed E-state index contributed by atoms with van der Waals surface area (Å²) in [4.78, 5) is 29.1. The summed E-state index contributed by atoms with van der Waals surface area (Å²) < 4.78 is 1.54. The van der Waals surface area contributed by atoms with Crippen LogP contribution >= 0.6 is 11.3 Å². The lowest BCUT2D eigenvalue weighted by atomic mass is 10.0. The molecule has 0 saturated carbocycles. The third-order valence-electron chi connectivity index (χ3n) is 4.33. The highest BCUT2D eigenvalue weighted by atomic mass is 32.1. The summed E-state index contributed by atoms with van der Waals surface area (Å²) in [5, 5.41) is 11.8. The van der Waals surface area contributed by atoms with E-state index < -0.39 is 5.97 Å². The number of fused-ring (bicyclic) bond motifs is 2. The number of hydrogen-bond donors (Lipinski definition) is 1. The van der Waals surface area contributed by atoms with Crippen LogP contribution in [-0.4, -0.2) is 20.6 Å². The number of aromatic carboxylic acids is 1. The van der Waals surface area contributed by atoms with Gasteiger partial charge >= 0.3 is 5.97 Å². The number of carbonyl (C=O) groups is 1. The van der Waals surface area contributed by atoms with Gasteiger partial charge in [-0.05, 0) is 28.8 Å². The predicted molar refractivity (Wildman–Crippen MR) is 98.6 cm³/mol. The predicted octanol–water partition coefficient (Wildman–Crippen LogP) is 3.67. The monoisotopic (exact) mass is 350 g/mol. The topological polar surface area (TPSA) is 72.2 Å². The Morgan fingerprint density at radius 3 is 2.76 bits per heavy atom. The second kappa shape index (κ2) is 5.82. The summed E-state index contributed by atoms with van der Waals surface area (Å²) >= 11 is 1.04. The van der Waals surface area contributed by atoms with Crippen LogP contribution < -0.4 is 5.56 Å². The molecular formula is C19H14N2O3S. The van der Waals surface area contributed by atoms with Gasteiger partial charge in [0.2, 0.25) is 0 Å². The summed E-state index contributed by atoms with van der Waals surface area (Å²) in [5.74, 6) is -1.03. The third kappa shape index (κ3) is 2.51. The second-order valence-electron chi connectivity index (χ2n) is 5.86. The van der Waals surface area contributed by atoms with Gasteiger partial charge < -0.3 is 5.11 Å². The van der Waals surface area contributed by atoms with Gasteiger partial charge in [0.05, 0.1) is 18.3 Å². The molecule has 4 rings (SSSR count). The standard InChI is InChI=1S/C19H14N2O3S/c1-11-15-17(25-16(11)19(23)24)20-10-21(18(15)22)9-13-7-4-6-12-5-2-3-8-14(12)13/h2-8,10H,9H2,1H3,(H,23,24). The minimum absolute atomic E-state index is 0.169. The van der Waals surface area contributed by atoms with E-state index in [1.54, 1.807) is 6.92 Å². The van der Waals surface area contributed by atoms with E-state index in [9.17, 15) is 14.7 Å². The lowest BCUT2D eigenvalue weighted by molar-refractivity contribution is 0.0701. The number of benzene rings is 2. The molecule has 1 N–H and O–H groups in total. The van der Waals surface area contributed by atoms with Gasteiger partial charge in [-0.15, -0.1) is 11.3 Å². The molecule has 0 aliphatic rings. The van der Waals surface area contributed by atoms with Crippen molar-refractivity contribution in [2.75, 3.05) is 0 Å². The molecular weight excluding hydrogens is 336 g/mol. The molecule has 25 heavy (non-hydrogen) atoms. The van der Waals surface area contributed by atoms with Crippen molar-refractivity contribution in [3.63, 3.8) is 0 Å². The Labute approximate surface area is 146 Å². The fourth-order valence-electron chi connectivity index (χ4n) is 3.09. The molecule has 0 atom stereocenters. The molecule has 0 bridgehead atoms. The van der Waals surface area contributed by atoms with Crippen LogP contribution in [-0.2, 0) is 6.54 Å². The Morgan fingerprint density at radius 2 is 1.96 bits per heavy atom. The van der Waals surface area contributed by atoms with Crippen molar-refractivity contribution < 1.29 is 9.90 Å². The van der Waals surface area contributed by atoms with Crippen LogP contribution in [0.2, 0.25) is 0 Å². The number of nitrogens with zero attached hydrogens (tertiary/aromatic N) is 2.